The van der Waals surface area contributed by atoms with Gasteiger partial charge in [-0.15, -0.1) is 0 Å². The number of para-hydroxylation sites is 1. The fraction of sp³-hybridized carbons (Fsp3) is 0.333. The molecule has 2 heterocycles. The van der Waals surface area contributed by atoms with Gasteiger partial charge in [-0.2, -0.15) is 0 Å². The Morgan fingerprint density at radius 2 is 2.04 bits per heavy atom. The number of carbonyl (C=O) groups excluding carboxylic acids is 1. The van der Waals surface area contributed by atoms with E-state index in [-0.39, 0.29) is 5.91 Å². The summed E-state index contributed by atoms with van der Waals surface area (Å²) in [6, 6.07) is 11.8. The molecule has 1 amide bonds. The van der Waals surface area contributed by atoms with Crippen LogP contribution >= 0.6 is 0 Å². The van der Waals surface area contributed by atoms with Crippen molar-refractivity contribution in [1.29, 1.82) is 0 Å². The number of H-pyrrole nitrogens is 1. The van der Waals surface area contributed by atoms with E-state index in [4.69, 9.17) is 0 Å². The van der Waals surface area contributed by atoms with E-state index in [2.05, 4.69) is 58.8 Å². The zero-order valence-electron chi connectivity index (χ0n) is 15.4. The predicted octanol–water partition coefficient (Wildman–Crippen LogP) is 3.99. The number of carbonyl (C=O) groups is 1. The Kier molecular flexibility index (Phi) is 5.89. The lowest BCUT2D eigenvalue weighted by molar-refractivity contribution is 0.0952. The molecule has 1 aromatic carbocycles. The molecule has 0 atom stereocenters. The minimum atomic E-state index is -0.0484. The molecule has 0 saturated heterocycles. The average molecular weight is 350 g/mol. The zero-order valence-corrected chi connectivity index (χ0v) is 15.4. The molecule has 0 saturated carbocycles. The van der Waals surface area contributed by atoms with Crippen molar-refractivity contribution < 1.29 is 4.79 Å². The molecule has 3 rings (SSSR count). The van der Waals surface area contributed by atoms with Gasteiger partial charge in [0.1, 0.15) is 5.82 Å². The lowest BCUT2D eigenvalue weighted by Gasteiger charge is -2.09. The van der Waals surface area contributed by atoms with E-state index >= 15 is 0 Å². The number of hydrogen-bond acceptors (Lipinski definition) is 3. The average Bonchev–Trinajstić information content (AvgIpc) is 3.05. The molecular formula is C21H26N4O. The highest BCUT2D eigenvalue weighted by atomic mass is 16.1. The van der Waals surface area contributed by atoms with Crippen LogP contribution < -0.4 is 10.6 Å². The van der Waals surface area contributed by atoms with E-state index < -0.39 is 0 Å². The molecule has 5 nitrogen and oxygen atoms in total. The summed E-state index contributed by atoms with van der Waals surface area (Å²) >= 11 is 0. The molecule has 0 bridgehead atoms. The van der Waals surface area contributed by atoms with Crippen LogP contribution in [-0.2, 0) is 6.42 Å². The van der Waals surface area contributed by atoms with Gasteiger partial charge in [0.25, 0.3) is 5.91 Å². The maximum Gasteiger partial charge on any atom is 0.251 e. The van der Waals surface area contributed by atoms with Gasteiger partial charge >= 0.3 is 0 Å². The monoisotopic (exact) mass is 350 g/mol. The molecule has 0 unspecified atom stereocenters. The Balaban J connectivity index is 1.54. The first kappa shape index (κ1) is 18.0. The Bertz CT molecular complexity index is 869. The number of nitrogens with one attached hydrogen (secondary N) is 3. The lowest BCUT2D eigenvalue weighted by atomic mass is 10.1. The summed E-state index contributed by atoms with van der Waals surface area (Å²) < 4.78 is 0. The van der Waals surface area contributed by atoms with Crippen LogP contribution in [-0.4, -0.2) is 29.0 Å². The van der Waals surface area contributed by atoms with E-state index in [0.717, 1.165) is 30.7 Å². The molecule has 3 aromatic rings. The lowest BCUT2D eigenvalue weighted by Crippen LogP contribution is -2.25. The summed E-state index contributed by atoms with van der Waals surface area (Å²) in [5, 5.41) is 7.52. The third-order valence-electron chi connectivity index (χ3n) is 4.40. The number of amides is 1. The molecule has 3 N–H and O–H groups in total. The van der Waals surface area contributed by atoms with E-state index in [1.807, 2.05) is 6.07 Å². The van der Waals surface area contributed by atoms with Gasteiger partial charge in [0.05, 0.1) is 0 Å². The van der Waals surface area contributed by atoms with E-state index in [1.165, 1.54) is 10.9 Å². The van der Waals surface area contributed by atoms with E-state index in [1.54, 1.807) is 18.3 Å². The maximum atomic E-state index is 12.2. The van der Waals surface area contributed by atoms with Crippen LogP contribution in [0, 0.1) is 5.92 Å². The van der Waals surface area contributed by atoms with Crippen LogP contribution in [0.2, 0.25) is 0 Å². The first-order valence-electron chi connectivity index (χ1n) is 9.16. The molecule has 0 aliphatic heterocycles. The fourth-order valence-electron chi connectivity index (χ4n) is 2.91. The normalized spacial score (nSPS) is 11.0. The molecule has 2 aromatic heterocycles. The summed E-state index contributed by atoms with van der Waals surface area (Å²) in [4.78, 5) is 19.8. The van der Waals surface area contributed by atoms with Crippen molar-refractivity contribution in [1.82, 2.24) is 15.3 Å². The van der Waals surface area contributed by atoms with Crippen molar-refractivity contribution in [2.24, 2.45) is 5.92 Å². The zero-order chi connectivity index (χ0) is 18.4. The highest BCUT2D eigenvalue weighted by Crippen LogP contribution is 2.18. The Hall–Kier alpha value is -2.82. The maximum absolute atomic E-state index is 12.2. The van der Waals surface area contributed by atoms with Crippen LogP contribution in [0.25, 0.3) is 10.9 Å². The molecule has 5 heteroatoms. The van der Waals surface area contributed by atoms with Crippen molar-refractivity contribution in [2.45, 2.75) is 26.7 Å². The third-order valence-corrected chi connectivity index (χ3v) is 4.40. The summed E-state index contributed by atoms with van der Waals surface area (Å²) in [6.07, 6.45) is 5.59. The van der Waals surface area contributed by atoms with Gasteiger partial charge < -0.3 is 15.6 Å². The number of rotatable bonds is 8. The van der Waals surface area contributed by atoms with Gasteiger partial charge in [-0.05, 0) is 42.5 Å². The minimum absolute atomic E-state index is 0.0484. The molecule has 26 heavy (non-hydrogen) atoms. The Morgan fingerprint density at radius 3 is 2.88 bits per heavy atom. The number of fused-ring (bicyclic) bond motifs is 1. The molecule has 136 valence electrons. The van der Waals surface area contributed by atoms with Crippen LogP contribution in [0.5, 0.6) is 0 Å². The smallest absolute Gasteiger partial charge is 0.251 e. The summed E-state index contributed by atoms with van der Waals surface area (Å²) in [7, 11) is 0. The number of nitrogens with zero attached hydrogens (tertiary/aromatic N) is 1. The second-order valence-electron chi connectivity index (χ2n) is 6.90. The van der Waals surface area contributed by atoms with Crippen LogP contribution in [0.3, 0.4) is 0 Å². The van der Waals surface area contributed by atoms with Gasteiger partial charge in [0.15, 0.2) is 0 Å². The topological polar surface area (TPSA) is 69.8 Å². The van der Waals surface area contributed by atoms with Crippen molar-refractivity contribution in [3.8, 4) is 0 Å². The number of hydrogen-bond donors (Lipinski definition) is 3. The fourth-order valence-corrected chi connectivity index (χ4v) is 2.91. The number of benzene rings is 1. The molecule has 0 aliphatic carbocycles. The van der Waals surface area contributed by atoms with Gasteiger partial charge in [0.2, 0.25) is 0 Å². The standard InChI is InChI=1S/C21H26N4O/c1-15(2)7-10-24-21(26)16-8-11-22-20(13-16)23-12-9-17-14-25-19-6-4-3-5-18(17)19/h3-6,8,11,13-15,25H,7,9-10,12H2,1-2H3,(H,22,23)(H,24,26). The molecule has 0 radical (unpaired) electrons. The highest BCUT2D eigenvalue weighted by molar-refractivity contribution is 5.94. The largest absolute Gasteiger partial charge is 0.370 e. The second kappa shape index (κ2) is 8.52. The van der Waals surface area contributed by atoms with Crippen molar-refractivity contribution in [3.05, 3.63) is 59.9 Å². The van der Waals surface area contributed by atoms with Gasteiger partial charge in [-0.3, -0.25) is 4.79 Å². The van der Waals surface area contributed by atoms with Gasteiger partial charge in [-0.25, -0.2) is 4.98 Å². The van der Waals surface area contributed by atoms with Crippen molar-refractivity contribution in [2.75, 3.05) is 18.4 Å². The number of aromatic amines is 1. The summed E-state index contributed by atoms with van der Waals surface area (Å²) in [6.45, 7) is 5.75. The second-order valence-corrected chi connectivity index (χ2v) is 6.90. The van der Waals surface area contributed by atoms with Crippen LogP contribution in [0.1, 0.15) is 36.2 Å². The van der Waals surface area contributed by atoms with Gasteiger partial charge in [0, 0.05) is 41.9 Å². The number of anilines is 1. The molecule has 0 aliphatic rings. The van der Waals surface area contributed by atoms with E-state index in [0.29, 0.717) is 18.0 Å². The van der Waals surface area contributed by atoms with Crippen molar-refractivity contribution >= 4 is 22.6 Å². The molecular weight excluding hydrogens is 324 g/mol. The van der Waals surface area contributed by atoms with Crippen LogP contribution in [0.4, 0.5) is 5.82 Å². The number of pyridine rings is 1. The van der Waals surface area contributed by atoms with Crippen LogP contribution in [0.15, 0.2) is 48.8 Å². The first-order chi connectivity index (χ1) is 12.6. The van der Waals surface area contributed by atoms with Gasteiger partial charge in [-0.1, -0.05) is 32.0 Å². The SMILES string of the molecule is CC(C)CCNC(=O)c1ccnc(NCCc2c[nH]c3ccccc23)c1. The minimum Gasteiger partial charge on any atom is -0.370 e. The Morgan fingerprint density at radius 1 is 1.19 bits per heavy atom. The molecule has 0 fully saturated rings. The van der Waals surface area contributed by atoms with Crippen molar-refractivity contribution in [3.63, 3.8) is 0 Å². The quantitative estimate of drug-likeness (QED) is 0.575. The Labute approximate surface area is 154 Å². The van der Waals surface area contributed by atoms with E-state index in [9.17, 15) is 4.79 Å². The highest BCUT2D eigenvalue weighted by Gasteiger charge is 2.07. The first-order valence-corrected chi connectivity index (χ1v) is 9.16. The predicted molar refractivity (Wildman–Crippen MR) is 107 cm³/mol. The summed E-state index contributed by atoms with van der Waals surface area (Å²) in [5.74, 6) is 1.25. The summed E-state index contributed by atoms with van der Waals surface area (Å²) in [5.41, 5.74) is 3.06. The number of aromatic nitrogens is 2. The molecule has 0 spiro atoms. The third kappa shape index (κ3) is 4.63.